The molecule has 1 atom stereocenters. The van der Waals surface area contributed by atoms with Gasteiger partial charge in [0.15, 0.2) is 0 Å². The largest absolute Gasteiger partial charge is 0.393 e. The minimum absolute atomic E-state index is 0.167. The van der Waals surface area contributed by atoms with Gasteiger partial charge in [-0.25, -0.2) is 4.98 Å². The number of nitrogens with zero attached hydrogens (tertiary/aromatic N) is 3. The molecule has 2 N–H and O–H groups in total. The van der Waals surface area contributed by atoms with E-state index in [1.807, 2.05) is 0 Å². The smallest absolute Gasteiger partial charge is 0.230 e. The maximum atomic E-state index is 13.4. The number of nitrogens with one attached hydrogen (secondary N) is 1. The molecule has 1 aromatic heterocycles. The Balaban J connectivity index is 1.48. The highest BCUT2D eigenvalue weighted by Crippen LogP contribution is 2.44. The lowest BCUT2D eigenvalue weighted by Gasteiger charge is -2.41. The lowest BCUT2D eigenvalue weighted by Crippen LogP contribution is -2.50. The summed E-state index contributed by atoms with van der Waals surface area (Å²) in [6.45, 7) is 3.69. The van der Waals surface area contributed by atoms with Crippen LogP contribution in [0.25, 0.3) is 0 Å². The van der Waals surface area contributed by atoms with Crippen LogP contribution in [0, 0.1) is 5.41 Å². The first-order valence-electron chi connectivity index (χ1n) is 10.6. The van der Waals surface area contributed by atoms with E-state index in [2.05, 4.69) is 20.1 Å². The zero-order valence-corrected chi connectivity index (χ0v) is 17.6. The second kappa shape index (κ2) is 8.11. The second-order valence-electron chi connectivity index (χ2n) is 8.73. The Kier molecular flexibility index (Phi) is 5.71. The van der Waals surface area contributed by atoms with Gasteiger partial charge >= 0.3 is 0 Å². The zero-order valence-electron chi connectivity index (χ0n) is 16.9. The lowest BCUT2D eigenvalue weighted by atomic mass is 9.78. The van der Waals surface area contributed by atoms with Crippen molar-refractivity contribution in [3.05, 3.63) is 17.3 Å². The van der Waals surface area contributed by atoms with Crippen molar-refractivity contribution in [2.45, 2.75) is 64.0 Å². The number of hydrogen-bond acceptors (Lipinski definition) is 5. The van der Waals surface area contributed by atoms with Crippen molar-refractivity contribution in [3.8, 4) is 0 Å². The Morgan fingerprint density at radius 3 is 2.72 bits per heavy atom. The Hall–Kier alpha value is -1.86. The number of aliphatic hydroxyl groups is 1. The van der Waals surface area contributed by atoms with E-state index < -0.39 is 0 Å². The summed E-state index contributed by atoms with van der Waals surface area (Å²) in [5.74, 6) is 0.765. The fraction of sp³-hybridized carbons (Fsp3) is 0.667. The van der Waals surface area contributed by atoms with Gasteiger partial charge in [-0.3, -0.25) is 9.59 Å². The molecular formula is C21H29ClN4O3. The molecule has 2 saturated heterocycles. The van der Waals surface area contributed by atoms with Crippen LogP contribution in [0.5, 0.6) is 0 Å². The fourth-order valence-electron chi connectivity index (χ4n) is 5.19. The predicted octanol–water partition coefficient (Wildman–Crippen LogP) is 2.82. The SMILES string of the molecule is CC(=O)Nc1cnc(N2CCC[C@]3(CCN(C4CCC(O)CC4)C3=O)C2)c(Cl)c1. The third kappa shape index (κ3) is 4.08. The van der Waals surface area contributed by atoms with Gasteiger partial charge in [0.05, 0.1) is 28.4 Å². The first-order chi connectivity index (χ1) is 13.9. The van der Waals surface area contributed by atoms with Crippen molar-refractivity contribution in [2.75, 3.05) is 29.9 Å². The number of carbonyl (C=O) groups is 2. The fourth-order valence-corrected chi connectivity index (χ4v) is 5.48. The van der Waals surface area contributed by atoms with Gasteiger partial charge in [0.1, 0.15) is 5.82 Å². The number of pyridine rings is 1. The molecule has 29 heavy (non-hydrogen) atoms. The van der Waals surface area contributed by atoms with E-state index in [-0.39, 0.29) is 29.4 Å². The molecule has 3 heterocycles. The van der Waals surface area contributed by atoms with Crippen molar-refractivity contribution in [1.29, 1.82) is 0 Å². The standard InChI is InChI=1S/C21H29ClN4O3/c1-14(27)24-15-11-18(22)19(23-12-15)25-9-2-7-21(13-25)8-10-26(20(21)29)16-3-5-17(28)6-4-16/h11-12,16-17,28H,2-10,13H2,1H3,(H,24,27)/t16?,17?,21-/m0/s1. The summed E-state index contributed by atoms with van der Waals surface area (Å²) in [6, 6.07) is 1.97. The van der Waals surface area contributed by atoms with Crippen LogP contribution >= 0.6 is 11.6 Å². The van der Waals surface area contributed by atoms with E-state index in [1.165, 1.54) is 6.92 Å². The highest BCUT2D eigenvalue weighted by atomic mass is 35.5. The molecule has 0 bridgehead atoms. The van der Waals surface area contributed by atoms with Crippen LogP contribution in [0.1, 0.15) is 51.9 Å². The summed E-state index contributed by atoms with van der Waals surface area (Å²) in [6.07, 6.45) is 7.45. The van der Waals surface area contributed by atoms with E-state index in [0.717, 1.165) is 58.0 Å². The Bertz CT molecular complexity index is 796. The lowest BCUT2D eigenvalue weighted by molar-refractivity contribution is -0.139. The van der Waals surface area contributed by atoms with Crippen LogP contribution in [0.2, 0.25) is 5.02 Å². The van der Waals surface area contributed by atoms with Gasteiger partial charge in [-0.05, 0) is 51.0 Å². The van der Waals surface area contributed by atoms with Crippen LogP contribution < -0.4 is 10.2 Å². The number of anilines is 2. The number of aromatic nitrogens is 1. The number of hydrogen-bond donors (Lipinski definition) is 2. The number of halogens is 1. The molecule has 2 amide bonds. The average Bonchev–Trinajstić information content (AvgIpc) is 2.98. The van der Waals surface area contributed by atoms with Crippen molar-refractivity contribution in [1.82, 2.24) is 9.88 Å². The molecule has 8 heteroatoms. The van der Waals surface area contributed by atoms with E-state index in [4.69, 9.17) is 11.6 Å². The van der Waals surface area contributed by atoms with Crippen LogP contribution in [0.3, 0.4) is 0 Å². The molecular weight excluding hydrogens is 392 g/mol. The van der Waals surface area contributed by atoms with Crippen LogP contribution in [0.4, 0.5) is 11.5 Å². The number of likely N-dealkylation sites (tertiary alicyclic amines) is 1. The van der Waals surface area contributed by atoms with Crippen molar-refractivity contribution < 1.29 is 14.7 Å². The van der Waals surface area contributed by atoms with Crippen LogP contribution in [0.15, 0.2) is 12.3 Å². The molecule has 1 aromatic rings. The molecule has 7 nitrogen and oxygen atoms in total. The minimum atomic E-state index is -0.365. The van der Waals surface area contributed by atoms with Gasteiger partial charge in [0.2, 0.25) is 11.8 Å². The Labute approximate surface area is 176 Å². The maximum Gasteiger partial charge on any atom is 0.230 e. The molecule has 3 aliphatic rings. The molecule has 0 unspecified atom stereocenters. The summed E-state index contributed by atoms with van der Waals surface area (Å²) >= 11 is 6.47. The monoisotopic (exact) mass is 420 g/mol. The number of carbonyl (C=O) groups excluding carboxylic acids is 2. The highest BCUT2D eigenvalue weighted by molar-refractivity contribution is 6.33. The van der Waals surface area contributed by atoms with Gasteiger partial charge in [-0.2, -0.15) is 0 Å². The van der Waals surface area contributed by atoms with E-state index in [1.54, 1.807) is 12.3 Å². The maximum absolute atomic E-state index is 13.4. The summed E-state index contributed by atoms with van der Waals surface area (Å²) in [5, 5.41) is 13.0. The summed E-state index contributed by atoms with van der Waals surface area (Å²) < 4.78 is 0. The molecule has 3 fully saturated rings. The van der Waals surface area contributed by atoms with Crippen LogP contribution in [-0.2, 0) is 9.59 Å². The van der Waals surface area contributed by atoms with Gasteiger partial charge in [-0.1, -0.05) is 11.6 Å². The summed E-state index contributed by atoms with van der Waals surface area (Å²) in [5.41, 5.74) is 0.205. The number of piperidine rings is 1. The quantitative estimate of drug-likeness (QED) is 0.785. The highest BCUT2D eigenvalue weighted by Gasteiger charge is 2.51. The average molecular weight is 421 g/mol. The minimum Gasteiger partial charge on any atom is -0.393 e. The molecule has 2 aliphatic heterocycles. The zero-order chi connectivity index (χ0) is 20.6. The second-order valence-corrected chi connectivity index (χ2v) is 9.13. The summed E-state index contributed by atoms with van der Waals surface area (Å²) in [7, 11) is 0. The van der Waals surface area contributed by atoms with E-state index in [0.29, 0.717) is 23.1 Å². The molecule has 158 valence electrons. The topological polar surface area (TPSA) is 85.8 Å². The number of aliphatic hydroxyl groups excluding tert-OH is 1. The van der Waals surface area contributed by atoms with Gasteiger partial charge in [0.25, 0.3) is 0 Å². The third-order valence-electron chi connectivity index (χ3n) is 6.67. The molecule has 0 radical (unpaired) electrons. The number of amides is 2. The van der Waals surface area contributed by atoms with Crippen molar-refractivity contribution in [2.24, 2.45) is 5.41 Å². The van der Waals surface area contributed by atoms with Crippen molar-refractivity contribution in [3.63, 3.8) is 0 Å². The number of rotatable bonds is 3. The Morgan fingerprint density at radius 2 is 2.03 bits per heavy atom. The summed E-state index contributed by atoms with van der Waals surface area (Å²) in [4.78, 5) is 33.4. The molecule has 1 saturated carbocycles. The molecule has 0 aromatic carbocycles. The van der Waals surface area contributed by atoms with Crippen molar-refractivity contribution >= 4 is 34.9 Å². The van der Waals surface area contributed by atoms with Gasteiger partial charge < -0.3 is 20.2 Å². The van der Waals surface area contributed by atoms with E-state index in [9.17, 15) is 14.7 Å². The Morgan fingerprint density at radius 1 is 1.28 bits per heavy atom. The predicted molar refractivity (Wildman–Crippen MR) is 112 cm³/mol. The first-order valence-corrected chi connectivity index (χ1v) is 10.9. The first kappa shape index (κ1) is 20.4. The molecule has 1 aliphatic carbocycles. The van der Waals surface area contributed by atoms with E-state index >= 15 is 0 Å². The van der Waals surface area contributed by atoms with Gasteiger partial charge in [0, 0.05) is 32.6 Å². The molecule has 4 rings (SSSR count). The van der Waals surface area contributed by atoms with Crippen LogP contribution in [-0.4, -0.2) is 58.6 Å². The normalized spacial score (nSPS) is 30.1. The van der Waals surface area contributed by atoms with Gasteiger partial charge in [-0.15, -0.1) is 0 Å². The molecule has 1 spiro atoms. The third-order valence-corrected chi connectivity index (χ3v) is 6.95.